The fraction of sp³-hybridized carbons (Fsp3) is 0.667. The minimum atomic E-state index is -0.934. The lowest BCUT2D eigenvalue weighted by Gasteiger charge is -2.09. The summed E-state index contributed by atoms with van der Waals surface area (Å²) >= 11 is 0. The highest BCUT2D eigenvalue weighted by atomic mass is 16.5. The van der Waals surface area contributed by atoms with E-state index in [9.17, 15) is 9.59 Å². The molecule has 1 aromatic heterocycles. The monoisotopic (exact) mass is 282 g/mol. The summed E-state index contributed by atoms with van der Waals surface area (Å²) in [5.74, 6) is -1.72. The summed E-state index contributed by atoms with van der Waals surface area (Å²) in [6.07, 6.45) is 2.38. The Morgan fingerprint density at radius 2 is 2.40 bits per heavy atom. The highest BCUT2D eigenvalue weighted by molar-refractivity contribution is 5.90. The van der Waals surface area contributed by atoms with E-state index in [0.717, 1.165) is 19.4 Å². The second-order valence-corrected chi connectivity index (χ2v) is 4.76. The Morgan fingerprint density at radius 1 is 1.60 bits per heavy atom. The van der Waals surface area contributed by atoms with Gasteiger partial charge in [-0.1, -0.05) is 12.1 Å². The van der Waals surface area contributed by atoms with Gasteiger partial charge in [-0.25, -0.2) is 0 Å². The minimum Gasteiger partial charge on any atom is -0.481 e. The molecule has 1 aliphatic heterocycles. The average molecular weight is 282 g/mol. The summed E-state index contributed by atoms with van der Waals surface area (Å²) in [5, 5.41) is 18.2. The lowest BCUT2D eigenvalue weighted by atomic mass is 10.1. The molecule has 0 aromatic carbocycles. The van der Waals surface area contributed by atoms with E-state index in [1.54, 1.807) is 6.92 Å². The topological polar surface area (TPSA) is 117 Å². The number of carbonyl (C=O) groups excluding carboxylic acids is 1. The van der Waals surface area contributed by atoms with Gasteiger partial charge in [0, 0.05) is 6.54 Å². The number of hydrogen-bond acceptors (Lipinski definition) is 6. The van der Waals surface area contributed by atoms with Crippen LogP contribution in [-0.2, 0) is 4.79 Å². The molecule has 0 spiro atoms. The maximum Gasteiger partial charge on any atom is 0.308 e. The van der Waals surface area contributed by atoms with Gasteiger partial charge in [-0.15, -0.1) is 0 Å². The molecular formula is C12H18N4O4. The third-order valence-electron chi connectivity index (χ3n) is 3.35. The van der Waals surface area contributed by atoms with E-state index in [1.807, 2.05) is 0 Å². The van der Waals surface area contributed by atoms with Crippen LogP contribution in [0.25, 0.3) is 0 Å². The Balaban J connectivity index is 1.90. The van der Waals surface area contributed by atoms with Crippen LogP contribution >= 0.6 is 0 Å². The van der Waals surface area contributed by atoms with E-state index in [1.165, 1.54) is 0 Å². The number of nitrogens with one attached hydrogen (secondary N) is 2. The predicted octanol–water partition coefficient (Wildman–Crippen LogP) is 0.335. The molecule has 2 heterocycles. The highest BCUT2D eigenvalue weighted by Crippen LogP contribution is 2.20. The number of carbonyl (C=O) groups is 2. The zero-order valence-electron chi connectivity index (χ0n) is 11.3. The summed E-state index contributed by atoms with van der Waals surface area (Å²) in [4.78, 5) is 26.7. The Morgan fingerprint density at radius 3 is 3.00 bits per heavy atom. The SMILES string of the molecule is CCC(CNC(=O)c1noc(C2CCCN2)n1)C(=O)O. The molecule has 8 heteroatoms. The van der Waals surface area contributed by atoms with E-state index < -0.39 is 17.8 Å². The van der Waals surface area contributed by atoms with Crippen molar-refractivity contribution in [3.8, 4) is 0 Å². The van der Waals surface area contributed by atoms with Gasteiger partial charge in [0.05, 0.1) is 12.0 Å². The second kappa shape index (κ2) is 6.47. The molecule has 2 atom stereocenters. The van der Waals surface area contributed by atoms with Crippen molar-refractivity contribution >= 4 is 11.9 Å². The summed E-state index contributed by atoms with van der Waals surface area (Å²) in [6, 6.07) is 0.00598. The molecule has 0 radical (unpaired) electrons. The lowest BCUT2D eigenvalue weighted by Crippen LogP contribution is -2.33. The van der Waals surface area contributed by atoms with Gasteiger partial charge in [0.25, 0.3) is 11.7 Å². The zero-order chi connectivity index (χ0) is 14.5. The zero-order valence-corrected chi connectivity index (χ0v) is 11.3. The van der Waals surface area contributed by atoms with E-state index in [0.29, 0.717) is 12.3 Å². The Bertz CT molecular complexity index is 482. The fourth-order valence-electron chi connectivity index (χ4n) is 2.07. The standard InChI is InChI=1S/C12H18N4O4/c1-2-7(12(18)19)6-14-10(17)9-15-11(20-16-9)8-4-3-5-13-8/h7-8,13H,2-6H2,1H3,(H,14,17)(H,18,19). The van der Waals surface area contributed by atoms with Crippen LogP contribution in [0.2, 0.25) is 0 Å². The Labute approximate surface area is 115 Å². The van der Waals surface area contributed by atoms with Crippen molar-refractivity contribution in [2.45, 2.75) is 32.2 Å². The van der Waals surface area contributed by atoms with Crippen molar-refractivity contribution in [2.75, 3.05) is 13.1 Å². The van der Waals surface area contributed by atoms with Gasteiger partial charge in [-0.05, 0) is 25.8 Å². The molecule has 20 heavy (non-hydrogen) atoms. The molecule has 3 N–H and O–H groups in total. The minimum absolute atomic E-state index is 0.00598. The molecule has 1 aromatic rings. The predicted molar refractivity (Wildman–Crippen MR) is 68.0 cm³/mol. The van der Waals surface area contributed by atoms with Gasteiger partial charge in [-0.2, -0.15) is 4.98 Å². The first kappa shape index (κ1) is 14.4. The van der Waals surface area contributed by atoms with Crippen LogP contribution in [0, 0.1) is 5.92 Å². The molecule has 0 saturated carbocycles. The maximum absolute atomic E-state index is 11.8. The molecule has 1 saturated heterocycles. The third-order valence-corrected chi connectivity index (χ3v) is 3.35. The van der Waals surface area contributed by atoms with Crippen LogP contribution < -0.4 is 10.6 Å². The third kappa shape index (κ3) is 3.32. The number of carboxylic acids is 1. The van der Waals surface area contributed by atoms with Gasteiger partial charge < -0.3 is 20.3 Å². The maximum atomic E-state index is 11.8. The first-order chi connectivity index (χ1) is 9.61. The van der Waals surface area contributed by atoms with Gasteiger partial charge in [0.15, 0.2) is 0 Å². The molecule has 0 bridgehead atoms. The molecule has 110 valence electrons. The van der Waals surface area contributed by atoms with E-state index in [2.05, 4.69) is 20.8 Å². The normalized spacial score (nSPS) is 19.8. The van der Waals surface area contributed by atoms with Gasteiger partial charge in [0.2, 0.25) is 5.89 Å². The number of aromatic nitrogens is 2. The lowest BCUT2D eigenvalue weighted by molar-refractivity contribution is -0.141. The van der Waals surface area contributed by atoms with Crippen LogP contribution in [0.4, 0.5) is 0 Å². The Kier molecular flexibility index (Phi) is 4.67. The van der Waals surface area contributed by atoms with Crippen molar-refractivity contribution in [1.82, 2.24) is 20.8 Å². The molecule has 1 aliphatic rings. The number of amides is 1. The second-order valence-electron chi connectivity index (χ2n) is 4.76. The van der Waals surface area contributed by atoms with Gasteiger partial charge in [-0.3, -0.25) is 9.59 Å². The molecule has 2 rings (SSSR count). The number of carboxylic acid groups (broad SMARTS) is 1. The van der Waals surface area contributed by atoms with Crippen molar-refractivity contribution in [3.05, 3.63) is 11.7 Å². The summed E-state index contributed by atoms with van der Waals surface area (Å²) < 4.78 is 5.05. The van der Waals surface area contributed by atoms with Crippen LogP contribution in [0.5, 0.6) is 0 Å². The highest BCUT2D eigenvalue weighted by Gasteiger charge is 2.25. The molecule has 0 aliphatic carbocycles. The quantitative estimate of drug-likeness (QED) is 0.688. The summed E-state index contributed by atoms with van der Waals surface area (Å²) in [5.41, 5.74) is 0. The molecular weight excluding hydrogens is 264 g/mol. The van der Waals surface area contributed by atoms with E-state index in [4.69, 9.17) is 9.63 Å². The number of hydrogen-bond donors (Lipinski definition) is 3. The molecule has 1 fully saturated rings. The van der Waals surface area contributed by atoms with Crippen LogP contribution in [0.15, 0.2) is 4.52 Å². The average Bonchev–Trinajstić information content (AvgIpc) is 3.09. The van der Waals surface area contributed by atoms with Crippen LogP contribution in [0.3, 0.4) is 0 Å². The number of nitrogens with zero attached hydrogens (tertiary/aromatic N) is 2. The van der Waals surface area contributed by atoms with Crippen molar-refractivity contribution in [2.24, 2.45) is 5.92 Å². The first-order valence-electron chi connectivity index (χ1n) is 6.69. The number of aliphatic carboxylic acids is 1. The molecule has 8 nitrogen and oxygen atoms in total. The summed E-state index contributed by atoms with van der Waals surface area (Å²) in [6.45, 7) is 2.70. The Hall–Kier alpha value is -1.96. The molecule has 2 unspecified atom stereocenters. The van der Waals surface area contributed by atoms with Crippen LogP contribution in [-0.4, -0.2) is 40.2 Å². The molecule has 1 amide bonds. The van der Waals surface area contributed by atoms with Crippen LogP contribution in [0.1, 0.15) is 48.7 Å². The van der Waals surface area contributed by atoms with E-state index in [-0.39, 0.29) is 18.4 Å². The van der Waals surface area contributed by atoms with E-state index >= 15 is 0 Å². The van der Waals surface area contributed by atoms with Gasteiger partial charge >= 0.3 is 5.97 Å². The van der Waals surface area contributed by atoms with Crippen molar-refractivity contribution < 1.29 is 19.2 Å². The largest absolute Gasteiger partial charge is 0.481 e. The number of rotatable bonds is 6. The van der Waals surface area contributed by atoms with Gasteiger partial charge in [0.1, 0.15) is 0 Å². The smallest absolute Gasteiger partial charge is 0.308 e. The summed E-state index contributed by atoms with van der Waals surface area (Å²) in [7, 11) is 0. The van der Waals surface area contributed by atoms with Crippen molar-refractivity contribution in [3.63, 3.8) is 0 Å². The van der Waals surface area contributed by atoms with Crippen molar-refractivity contribution in [1.29, 1.82) is 0 Å². The first-order valence-corrected chi connectivity index (χ1v) is 6.69. The fourth-order valence-corrected chi connectivity index (χ4v) is 2.07.